The van der Waals surface area contributed by atoms with Crippen molar-refractivity contribution in [2.24, 2.45) is 13.0 Å². The first kappa shape index (κ1) is 18.6. The van der Waals surface area contributed by atoms with E-state index in [-0.39, 0.29) is 11.8 Å². The molecule has 0 aliphatic carbocycles. The Labute approximate surface area is 156 Å². The Morgan fingerprint density at radius 3 is 2.62 bits per heavy atom. The van der Waals surface area contributed by atoms with Gasteiger partial charge in [-0.3, -0.25) is 9.69 Å². The molecule has 1 aromatic carbocycles. The molecular weight excluding hydrogens is 324 g/mol. The van der Waals surface area contributed by atoms with E-state index < -0.39 is 0 Å². The van der Waals surface area contributed by atoms with Crippen LogP contribution in [0.2, 0.25) is 0 Å². The molecule has 3 rings (SSSR count). The van der Waals surface area contributed by atoms with Crippen LogP contribution in [0.1, 0.15) is 43.5 Å². The van der Waals surface area contributed by atoms with E-state index >= 15 is 0 Å². The Hall–Kier alpha value is -2.14. The zero-order valence-corrected chi connectivity index (χ0v) is 15.9. The molecule has 1 saturated heterocycles. The van der Waals surface area contributed by atoms with Crippen LogP contribution >= 0.6 is 0 Å². The van der Waals surface area contributed by atoms with Crippen LogP contribution < -0.4 is 5.32 Å². The minimum Gasteiger partial charge on any atom is -0.355 e. The van der Waals surface area contributed by atoms with E-state index in [4.69, 9.17) is 0 Å². The Morgan fingerprint density at radius 1 is 1.27 bits per heavy atom. The first-order valence-corrected chi connectivity index (χ1v) is 9.68. The van der Waals surface area contributed by atoms with Crippen LogP contribution in [-0.4, -0.2) is 40.0 Å². The summed E-state index contributed by atoms with van der Waals surface area (Å²) in [4.78, 5) is 19.4. The third kappa shape index (κ3) is 4.73. The van der Waals surface area contributed by atoms with Crippen LogP contribution in [-0.2, 0) is 18.4 Å². The van der Waals surface area contributed by atoms with Gasteiger partial charge in [0.05, 0.1) is 6.54 Å². The van der Waals surface area contributed by atoms with Gasteiger partial charge in [-0.15, -0.1) is 0 Å². The Balaban J connectivity index is 1.44. The van der Waals surface area contributed by atoms with E-state index in [0.29, 0.717) is 5.92 Å². The normalized spacial score (nSPS) is 17.2. The van der Waals surface area contributed by atoms with E-state index in [2.05, 4.69) is 51.0 Å². The molecule has 26 heavy (non-hydrogen) atoms. The van der Waals surface area contributed by atoms with Gasteiger partial charge in [0.25, 0.3) is 0 Å². The van der Waals surface area contributed by atoms with E-state index in [1.807, 2.05) is 25.5 Å². The highest BCUT2D eigenvalue weighted by atomic mass is 16.1. The molecule has 0 unspecified atom stereocenters. The van der Waals surface area contributed by atoms with Gasteiger partial charge in [-0.25, -0.2) is 4.98 Å². The average Bonchev–Trinajstić information content (AvgIpc) is 3.08. The number of aromatic nitrogens is 2. The third-order valence-corrected chi connectivity index (χ3v) is 5.53. The molecule has 2 heterocycles. The largest absolute Gasteiger partial charge is 0.355 e. The van der Waals surface area contributed by atoms with Gasteiger partial charge < -0.3 is 9.88 Å². The second-order valence-electron chi connectivity index (χ2n) is 7.27. The smallest absolute Gasteiger partial charge is 0.223 e. The number of carbonyl (C=O) groups excluding carboxylic acids is 1. The van der Waals surface area contributed by atoms with E-state index in [0.717, 1.165) is 51.3 Å². The molecule has 1 aliphatic rings. The number of amides is 1. The molecule has 1 amide bonds. The van der Waals surface area contributed by atoms with Gasteiger partial charge >= 0.3 is 0 Å². The van der Waals surface area contributed by atoms with Crippen molar-refractivity contribution >= 4 is 5.91 Å². The van der Waals surface area contributed by atoms with Crippen molar-refractivity contribution in [2.75, 3.05) is 19.6 Å². The summed E-state index contributed by atoms with van der Waals surface area (Å²) in [6.07, 6.45) is 6.71. The number of hydrogen-bond acceptors (Lipinski definition) is 3. The molecule has 140 valence electrons. The highest BCUT2D eigenvalue weighted by molar-refractivity contribution is 5.78. The second-order valence-corrected chi connectivity index (χ2v) is 7.27. The quantitative estimate of drug-likeness (QED) is 0.832. The fraction of sp³-hybridized carbons (Fsp3) is 0.524. The third-order valence-electron chi connectivity index (χ3n) is 5.53. The van der Waals surface area contributed by atoms with Crippen molar-refractivity contribution in [1.82, 2.24) is 19.8 Å². The molecule has 0 radical (unpaired) electrons. The fourth-order valence-electron chi connectivity index (χ4n) is 3.69. The van der Waals surface area contributed by atoms with E-state index in [1.54, 1.807) is 0 Å². The Kier molecular flexibility index (Phi) is 6.45. The maximum absolute atomic E-state index is 12.6. The maximum atomic E-state index is 12.6. The maximum Gasteiger partial charge on any atom is 0.223 e. The minimum atomic E-state index is 0.140. The predicted molar refractivity (Wildman–Crippen MR) is 104 cm³/mol. The van der Waals surface area contributed by atoms with Crippen molar-refractivity contribution in [3.05, 3.63) is 54.1 Å². The topological polar surface area (TPSA) is 50.2 Å². The van der Waals surface area contributed by atoms with Crippen LogP contribution in [0.25, 0.3) is 0 Å². The van der Waals surface area contributed by atoms with E-state index in [1.165, 1.54) is 5.56 Å². The molecule has 1 atom stereocenters. The van der Waals surface area contributed by atoms with Gasteiger partial charge in [-0.2, -0.15) is 0 Å². The van der Waals surface area contributed by atoms with Gasteiger partial charge in [0.15, 0.2) is 0 Å². The van der Waals surface area contributed by atoms with Crippen LogP contribution in [0.3, 0.4) is 0 Å². The van der Waals surface area contributed by atoms with Crippen LogP contribution in [0.15, 0.2) is 42.7 Å². The molecule has 0 bridgehead atoms. The summed E-state index contributed by atoms with van der Waals surface area (Å²) in [6.45, 7) is 5.69. The zero-order valence-electron chi connectivity index (χ0n) is 15.9. The van der Waals surface area contributed by atoms with Crippen LogP contribution in [0, 0.1) is 5.92 Å². The number of nitrogens with zero attached hydrogens (tertiary/aromatic N) is 3. The standard InChI is InChI=1S/C21H30N4O/c1-3-17(18-7-5-4-6-8-18)15-23-21(26)19-9-12-25(13-10-19)16-20-22-11-14-24(20)2/h4-8,11,14,17,19H,3,9-10,12-13,15-16H2,1-2H3,(H,23,26)/t17-/m1/s1. The second kappa shape index (κ2) is 8.99. The first-order chi connectivity index (χ1) is 12.7. The lowest BCUT2D eigenvalue weighted by Gasteiger charge is -2.31. The summed E-state index contributed by atoms with van der Waals surface area (Å²) in [5.74, 6) is 1.84. The molecule has 1 aliphatic heterocycles. The van der Waals surface area contributed by atoms with Crippen LogP contribution in [0.4, 0.5) is 0 Å². The number of carbonyl (C=O) groups is 1. The van der Waals surface area contributed by atoms with Gasteiger partial charge in [0.1, 0.15) is 5.82 Å². The number of nitrogens with one attached hydrogen (secondary N) is 1. The lowest BCUT2D eigenvalue weighted by molar-refractivity contribution is -0.126. The molecule has 1 aromatic heterocycles. The summed E-state index contributed by atoms with van der Waals surface area (Å²) in [6, 6.07) is 10.5. The van der Waals surface area contributed by atoms with Crippen LogP contribution in [0.5, 0.6) is 0 Å². The molecule has 2 aromatic rings. The van der Waals surface area contributed by atoms with Crippen molar-refractivity contribution in [2.45, 2.75) is 38.6 Å². The highest BCUT2D eigenvalue weighted by Gasteiger charge is 2.25. The lowest BCUT2D eigenvalue weighted by Crippen LogP contribution is -2.41. The lowest BCUT2D eigenvalue weighted by atomic mass is 9.94. The Morgan fingerprint density at radius 2 is 2.00 bits per heavy atom. The van der Waals surface area contributed by atoms with Crippen molar-refractivity contribution < 1.29 is 4.79 Å². The summed E-state index contributed by atoms with van der Waals surface area (Å²) in [7, 11) is 2.03. The molecule has 0 spiro atoms. The van der Waals surface area contributed by atoms with Crippen molar-refractivity contribution in [3.63, 3.8) is 0 Å². The summed E-state index contributed by atoms with van der Waals surface area (Å²) >= 11 is 0. The monoisotopic (exact) mass is 354 g/mol. The fourth-order valence-corrected chi connectivity index (χ4v) is 3.69. The summed E-state index contributed by atoms with van der Waals surface area (Å²) < 4.78 is 2.06. The Bertz CT molecular complexity index is 689. The average molecular weight is 354 g/mol. The van der Waals surface area contributed by atoms with Crippen molar-refractivity contribution in [3.8, 4) is 0 Å². The summed E-state index contributed by atoms with van der Waals surface area (Å²) in [5, 5.41) is 3.20. The first-order valence-electron chi connectivity index (χ1n) is 9.68. The van der Waals surface area contributed by atoms with Gasteiger partial charge in [0.2, 0.25) is 5.91 Å². The molecule has 1 N–H and O–H groups in total. The van der Waals surface area contributed by atoms with Gasteiger partial charge in [-0.1, -0.05) is 37.3 Å². The SMILES string of the molecule is CC[C@H](CNC(=O)C1CCN(Cc2nccn2C)CC1)c1ccccc1. The number of benzene rings is 1. The molecule has 5 heteroatoms. The molecule has 5 nitrogen and oxygen atoms in total. The number of hydrogen-bond donors (Lipinski definition) is 1. The van der Waals surface area contributed by atoms with Crippen molar-refractivity contribution in [1.29, 1.82) is 0 Å². The number of imidazole rings is 1. The molecule has 1 fully saturated rings. The predicted octanol–water partition coefficient (Wildman–Crippen LogP) is 2.94. The highest BCUT2D eigenvalue weighted by Crippen LogP contribution is 2.21. The van der Waals surface area contributed by atoms with E-state index in [9.17, 15) is 4.79 Å². The van der Waals surface area contributed by atoms with Gasteiger partial charge in [0, 0.05) is 37.8 Å². The minimum absolute atomic E-state index is 0.140. The number of aryl methyl sites for hydroxylation is 1. The molecule has 0 saturated carbocycles. The number of piperidine rings is 1. The number of likely N-dealkylation sites (tertiary alicyclic amines) is 1. The van der Waals surface area contributed by atoms with Gasteiger partial charge in [-0.05, 0) is 37.9 Å². The number of rotatable bonds is 7. The molecular formula is C21H30N4O. The summed E-state index contributed by atoms with van der Waals surface area (Å²) in [5.41, 5.74) is 1.31. The zero-order chi connectivity index (χ0) is 18.4.